The zero-order valence-corrected chi connectivity index (χ0v) is 15.5. The van der Waals surface area contributed by atoms with Gasteiger partial charge in [0, 0.05) is 33.4 Å². The number of ether oxygens (including phenoxy) is 2. The van der Waals surface area contributed by atoms with Crippen molar-refractivity contribution in [1.82, 2.24) is 10.2 Å². The van der Waals surface area contributed by atoms with Crippen LogP contribution in [0, 0.1) is 5.92 Å². The Bertz CT molecular complexity index is 589. The second-order valence-corrected chi connectivity index (χ2v) is 7.17. The van der Waals surface area contributed by atoms with Gasteiger partial charge in [0.2, 0.25) is 5.91 Å². The van der Waals surface area contributed by atoms with E-state index in [9.17, 15) is 9.90 Å². The van der Waals surface area contributed by atoms with Gasteiger partial charge in [0.1, 0.15) is 0 Å². The van der Waals surface area contributed by atoms with Crippen LogP contribution in [0.1, 0.15) is 30.0 Å². The molecule has 3 rings (SSSR count). The summed E-state index contributed by atoms with van der Waals surface area (Å²) >= 11 is 0. The summed E-state index contributed by atoms with van der Waals surface area (Å²) in [5.74, 6) is 0.536. The molecule has 2 aliphatic heterocycles. The standard InChI is InChI=1S/C20H30N2O4/c1-25-14-17(23)12-21-13-19(24)22-9-6-15-4-2-3-5-18(15)20(22)16-7-10-26-11-8-16/h2-5,16-17,20-21,23H,6-14H2,1H3/t17-,20?/m0/s1. The molecule has 26 heavy (non-hydrogen) atoms. The van der Waals surface area contributed by atoms with E-state index in [0.717, 1.165) is 39.0 Å². The van der Waals surface area contributed by atoms with E-state index in [1.165, 1.54) is 11.1 Å². The molecular formula is C20H30N2O4. The van der Waals surface area contributed by atoms with Gasteiger partial charge >= 0.3 is 0 Å². The second kappa shape index (κ2) is 9.46. The van der Waals surface area contributed by atoms with E-state index in [4.69, 9.17) is 9.47 Å². The first kappa shape index (κ1) is 19.3. The summed E-state index contributed by atoms with van der Waals surface area (Å²) in [6.45, 7) is 3.15. The van der Waals surface area contributed by atoms with E-state index in [-0.39, 0.29) is 25.1 Å². The first-order chi connectivity index (χ1) is 12.7. The summed E-state index contributed by atoms with van der Waals surface area (Å²) in [6.07, 6.45) is 2.28. The number of rotatable bonds is 7. The summed E-state index contributed by atoms with van der Waals surface area (Å²) in [4.78, 5) is 15.0. The molecule has 0 bridgehead atoms. The molecule has 2 atom stereocenters. The number of nitrogens with one attached hydrogen (secondary N) is 1. The van der Waals surface area contributed by atoms with E-state index < -0.39 is 6.10 Å². The average molecular weight is 362 g/mol. The lowest BCUT2D eigenvalue weighted by molar-refractivity contribution is -0.135. The molecule has 1 fully saturated rings. The Kier molecular flexibility index (Phi) is 7.02. The maximum absolute atomic E-state index is 12.9. The molecule has 2 heterocycles. The van der Waals surface area contributed by atoms with Gasteiger partial charge in [0.15, 0.2) is 0 Å². The molecule has 1 saturated heterocycles. The molecule has 6 nitrogen and oxygen atoms in total. The second-order valence-electron chi connectivity index (χ2n) is 7.17. The zero-order chi connectivity index (χ0) is 18.4. The predicted octanol–water partition coefficient (Wildman–Crippen LogP) is 1.14. The Morgan fingerprint density at radius 3 is 2.92 bits per heavy atom. The van der Waals surface area contributed by atoms with Crippen molar-refractivity contribution in [2.45, 2.75) is 31.4 Å². The Labute approximate surface area is 155 Å². The molecule has 0 saturated carbocycles. The van der Waals surface area contributed by atoms with Gasteiger partial charge in [0.25, 0.3) is 0 Å². The highest BCUT2D eigenvalue weighted by molar-refractivity contribution is 5.79. The summed E-state index contributed by atoms with van der Waals surface area (Å²) in [5.41, 5.74) is 2.65. The third-order valence-electron chi connectivity index (χ3n) is 5.38. The number of aliphatic hydroxyl groups excluding tert-OH is 1. The smallest absolute Gasteiger partial charge is 0.237 e. The lowest BCUT2D eigenvalue weighted by atomic mass is 9.81. The molecule has 144 valence electrons. The van der Waals surface area contributed by atoms with Crippen LogP contribution in [0.15, 0.2) is 24.3 Å². The van der Waals surface area contributed by atoms with E-state index in [1.54, 1.807) is 7.11 Å². The van der Waals surface area contributed by atoms with Crippen LogP contribution in [-0.4, -0.2) is 68.6 Å². The van der Waals surface area contributed by atoms with Gasteiger partial charge in [0.05, 0.1) is 25.3 Å². The number of nitrogens with zero attached hydrogens (tertiary/aromatic N) is 1. The number of fused-ring (bicyclic) bond motifs is 1. The van der Waals surface area contributed by atoms with Crippen LogP contribution in [0.25, 0.3) is 0 Å². The van der Waals surface area contributed by atoms with Gasteiger partial charge in [-0.3, -0.25) is 4.79 Å². The Morgan fingerprint density at radius 1 is 1.38 bits per heavy atom. The van der Waals surface area contributed by atoms with Crippen molar-refractivity contribution in [3.8, 4) is 0 Å². The molecular weight excluding hydrogens is 332 g/mol. The number of hydrogen-bond acceptors (Lipinski definition) is 5. The number of hydrogen-bond donors (Lipinski definition) is 2. The molecule has 1 unspecified atom stereocenters. The Morgan fingerprint density at radius 2 is 2.15 bits per heavy atom. The molecule has 0 aliphatic carbocycles. The van der Waals surface area contributed by atoms with E-state index in [0.29, 0.717) is 12.5 Å². The summed E-state index contributed by atoms with van der Waals surface area (Å²) in [6, 6.07) is 8.63. The normalized spacial score (nSPS) is 22.1. The van der Waals surface area contributed by atoms with E-state index in [2.05, 4.69) is 29.6 Å². The van der Waals surface area contributed by atoms with Crippen LogP contribution in [0.5, 0.6) is 0 Å². The fraction of sp³-hybridized carbons (Fsp3) is 0.650. The minimum absolute atomic E-state index is 0.0978. The topological polar surface area (TPSA) is 71.0 Å². The fourth-order valence-electron chi connectivity index (χ4n) is 4.12. The van der Waals surface area contributed by atoms with Gasteiger partial charge < -0.3 is 24.8 Å². The van der Waals surface area contributed by atoms with Gasteiger partial charge in [-0.25, -0.2) is 0 Å². The van der Waals surface area contributed by atoms with Crippen LogP contribution in [-0.2, 0) is 20.7 Å². The molecule has 1 amide bonds. The van der Waals surface area contributed by atoms with Crippen LogP contribution >= 0.6 is 0 Å². The van der Waals surface area contributed by atoms with E-state index in [1.807, 2.05) is 4.90 Å². The highest BCUT2D eigenvalue weighted by atomic mass is 16.5. The van der Waals surface area contributed by atoms with Gasteiger partial charge in [-0.2, -0.15) is 0 Å². The van der Waals surface area contributed by atoms with Gasteiger partial charge in [-0.05, 0) is 36.3 Å². The average Bonchev–Trinajstić information content (AvgIpc) is 2.68. The highest BCUT2D eigenvalue weighted by Gasteiger charge is 2.36. The minimum atomic E-state index is -0.596. The molecule has 0 spiro atoms. The van der Waals surface area contributed by atoms with Crippen molar-refractivity contribution in [3.63, 3.8) is 0 Å². The van der Waals surface area contributed by atoms with Gasteiger partial charge in [-0.15, -0.1) is 0 Å². The third-order valence-corrected chi connectivity index (χ3v) is 5.38. The predicted molar refractivity (Wildman–Crippen MR) is 98.9 cm³/mol. The number of benzene rings is 1. The number of amides is 1. The lowest BCUT2D eigenvalue weighted by Crippen LogP contribution is -2.48. The minimum Gasteiger partial charge on any atom is -0.389 e. The number of aliphatic hydroxyl groups is 1. The molecule has 2 N–H and O–H groups in total. The Balaban J connectivity index is 1.69. The van der Waals surface area contributed by atoms with E-state index >= 15 is 0 Å². The number of methoxy groups -OCH3 is 1. The molecule has 0 aromatic heterocycles. The van der Waals surface area contributed by atoms with Crippen LogP contribution in [0.4, 0.5) is 0 Å². The van der Waals surface area contributed by atoms with Crippen LogP contribution < -0.4 is 5.32 Å². The quantitative estimate of drug-likeness (QED) is 0.761. The molecule has 1 aromatic carbocycles. The molecule has 1 aromatic rings. The monoisotopic (exact) mass is 362 g/mol. The first-order valence-corrected chi connectivity index (χ1v) is 9.53. The fourth-order valence-corrected chi connectivity index (χ4v) is 4.12. The SMILES string of the molecule is COC[C@@H](O)CNCC(=O)N1CCc2ccccc2C1C1CCOCC1. The Hall–Kier alpha value is -1.47. The molecule has 0 radical (unpaired) electrons. The van der Waals surface area contributed by atoms with Crippen molar-refractivity contribution >= 4 is 5.91 Å². The summed E-state index contributed by atoms with van der Waals surface area (Å²) in [7, 11) is 1.55. The van der Waals surface area contributed by atoms with Crippen LogP contribution in [0.2, 0.25) is 0 Å². The van der Waals surface area contributed by atoms with Crippen molar-refractivity contribution in [1.29, 1.82) is 0 Å². The largest absolute Gasteiger partial charge is 0.389 e. The van der Waals surface area contributed by atoms with Crippen molar-refractivity contribution in [3.05, 3.63) is 35.4 Å². The number of carbonyl (C=O) groups excluding carboxylic acids is 1. The third kappa shape index (κ3) is 4.62. The maximum Gasteiger partial charge on any atom is 0.237 e. The lowest BCUT2D eigenvalue weighted by Gasteiger charge is -2.43. The number of carbonyl (C=O) groups is 1. The first-order valence-electron chi connectivity index (χ1n) is 9.53. The van der Waals surface area contributed by atoms with Crippen molar-refractivity contribution in [2.24, 2.45) is 5.92 Å². The summed E-state index contributed by atoms with van der Waals surface area (Å²) < 4.78 is 10.4. The van der Waals surface area contributed by atoms with Crippen LogP contribution in [0.3, 0.4) is 0 Å². The summed E-state index contributed by atoms with van der Waals surface area (Å²) in [5, 5.41) is 12.8. The van der Waals surface area contributed by atoms with Crippen molar-refractivity contribution in [2.75, 3.05) is 46.6 Å². The molecule has 6 heteroatoms. The van der Waals surface area contributed by atoms with Crippen molar-refractivity contribution < 1.29 is 19.4 Å². The molecule has 2 aliphatic rings. The van der Waals surface area contributed by atoms with Gasteiger partial charge in [-0.1, -0.05) is 24.3 Å². The highest BCUT2D eigenvalue weighted by Crippen LogP contribution is 2.39. The zero-order valence-electron chi connectivity index (χ0n) is 15.5. The maximum atomic E-state index is 12.9.